The Kier molecular flexibility index (Phi) is 5.13. The molecule has 1 aliphatic rings. The van der Waals surface area contributed by atoms with Gasteiger partial charge >= 0.3 is 6.09 Å². The van der Waals surface area contributed by atoms with E-state index in [2.05, 4.69) is 26.3 Å². The molecule has 3 rings (SSSR count). The number of piperidine rings is 1. The fourth-order valence-corrected chi connectivity index (χ4v) is 3.96. The summed E-state index contributed by atoms with van der Waals surface area (Å²) in [6.07, 6.45) is 3.60. The van der Waals surface area contributed by atoms with Gasteiger partial charge in [0.15, 0.2) is 0 Å². The molecule has 1 unspecified atom stereocenters. The molecule has 6 nitrogen and oxygen atoms in total. The minimum Gasteiger partial charge on any atom is -0.444 e. The van der Waals surface area contributed by atoms with Crippen molar-refractivity contribution in [2.75, 3.05) is 31.6 Å². The Labute approximate surface area is 152 Å². The highest BCUT2D eigenvalue weighted by atomic mass is 32.1. The monoisotopic (exact) mass is 362 g/mol. The van der Waals surface area contributed by atoms with Crippen molar-refractivity contribution >= 4 is 33.5 Å². The van der Waals surface area contributed by atoms with Crippen LogP contribution in [0.3, 0.4) is 0 Å². The van der Waals surface area contributed by atoms with Gasteiger partial charge in [0.25, 0.3) is 0 Å². The first-order valence-electron chi connectivity index (χ1n) is 8.71. The summed E-state index contributed by atoms with van der Waals surface area (Å²) in [7, 11) is 1.81. The Morgan fingerprint density at radius 2 is 2.24 bits per heavy atom. The first kappa shape index (κ1) is 17.9. The maximum atomic E-state index is 12.2. The van der Waals surface area contributed by atoms with Crippen molar-refractivity contribution in [1.29, 1.82) is 0 Å². The van der Waals surface area contributed by atoms with Gasteiger partial charge in [-0.1, -0.05) is 0 Å². The van der Waals surface area contributed by atoms with Gasteiger partial charge in [0.2, 0.25) is 0 Å². The molecule has 0 saturated carbocycles. The Bertz CT molecular complexity index is 740. The molecular formula is C18H26N4O2S. The number of aromatic nitrogens is 2. The molecule has 1 amide bonds. The summed E-state index contributed by atoms with van der Waals surface area (Å²) < 4.78 is 5.45. The molecule has 0 aliphatic carbocycles. The Hall–Kier alpha value is -1.89. The van der Waals surface area contributed by atoms with E-state index >= 15 is 0 Å². The normalized spacial score (nSPS) is 18.4. The quantitative estimate of drug-likeness (QED) is 0.832. The van der Waals surface area contributed by atoms with Crippen LogP contribution in [0.2, 0.25) is 0 Å². The number of hydrogen-bond acceptors (Lipinski definition) is 6. The molecule has 25 heavy (non-hydrogen) atoms. The number of carbonyl (C=O) groups excluding carboxylic acids is 1. The van der Waals surface area contributed by atoms with Gasteiger partial charge in [0.05, 0.1) is 5.39 Å². The Balaban J connectivity index is 1.65. The number of carbonyl (C=O) groups is 1. The molecular weight excluding hydrogens is 336 g/mol. The largest absolute Gasteiger partial charge is 0.444 e. The molecule has 0 spiro atoms. The first-order valence-corrected chi connectivity index (χ1v) is 9.59. The molecule has 0 aromatic carbocycles. The second-order valence-electron chi connectivity index (χ2n) is 7.65. The van der Waals surface area contributed by atoms with Crippen LogP contribution in [0.25, 0.3) is 10.2 Å². The second kappa shape index (κ2) is 7.15. The average Bonchev–Trinajstić information content (AvgIpc) is 3.02. The van der Waals surface area contributed by atoms with E-state index in [-0.39, 0.29) is 6.09 Å². The second-order valence-corrected chi connectivity index (χ2v) is 8.55. The molecule has 1 aliphatic heterocycles. The summed E-state index contributed by atoms with van der Waals surface area (Å²) in [5.74, 6) is 1.42. The molecule has 1 fully saturated rings. The highest BCUT2D eigenvalue weighted by Crippen LogP contribution is 2.30. The van der Waals surface area contributed by atoms with Gasteiger partial charge in [-0.25, -0.2) is 14.8 Å². The van der Waals surface area contributed by atoms with Gasteiger partial charge in [0, 0.05) is 26.7 Å². The number of thiophene rings is 1. The summed E-state index contributed by atoms with van der Waals surface area (Å²) in [5, 5.41) is 3.18. The van der Waals surface area contributed by atoms with Crippen LogP contribution in [0.4, 0.5) is 10.6 Å². The molecule has 2 aromatic rings. The molecule has 136 valence electrons. The Morgan fingerprint density at radius 1 is 1.44 bits per heavy atom. The Morgan fingerprint density at radius 3 is 3.00 bits per heavy atom. The number of hydrogen-bond donors (Lipinski definition) is 0. The van der Waals surface area contributed by atoms with Crippen molar-refractivity contribution in [3.8, 4) is 0 Å². The molecule has 0 radical (unpaired) electrons. The third kappa shape index (κ3) is 4.39. The maximum Gasteiger partial charge on any atom is 0.410 e. The van der Waals surface area contributed by atoms with Crippen molar-refractivity contribution in [2.45, 2.75) is 39.2 Å². The van der Waals surface area contributed by atoms with E-state index < -0.39 is 5.60 Å². The fraction of sp³-hybridized carbons (Fsp3) is 0.611. The number of anilines is 1. The average molecular weight is 362 g/mol. The topological polar surface area (TPSA) is 58.6 Å². The molecule has 7 heteroatoms. The molecule has 0 bridgehead atoms. The zero-order valence-electron chi connectivity index (χ0n) is 15.4. The predicted molar refractivity (Wildman–Crippen MR) is 101 cm³/mol. The lowest BCUT2D eigenvalue weighted by Gasteiger charge is -2.36. The van der Waals surface area contributed by atoms with E-state index in [0.29, 0.717) is 12.5 Å². The summed E-state index contributed by atoms with van der Waals surface area (Å²) >= 11 is 1.64. The van der Waals surface area contributed by atoms with Crippen molar-refractivity contribution in [3.05, 3.63) is 17.8 Å². The molecule has 1 saturated heterocycles. The minimum atomic E-state index is -0.463. The lowest BCUT2D eigenvalue weighted by Crippen LogP contribution is -2.43. The van der Waals surface area contributed by atoms with Crippen LogP contribution < -0.4 is 4.90 Å². The van der Waals surface area contributed by atoms with E-state index in [4.69, 9.17) is 4.74 Å². The van der Waals surface area contributed by atoms with E-state index in [1.807, 2.05) is 27.8 Å². The zero-order valence-corrected chi connectivity index (χ0v) is 16.2. The lowest BCUT2D eigenvalue weighted by molar-refractivity contribution is 0.0269. The van der Waals surface area contributed by atoms with Crippen LogP contribution in [-0.2, 0) is 4.74 Å². The third-order valence-electron chi connectivity index (χ3n) is 4.30. The highest BCUT2D eigenvalue weighted by Gasteiger charge is 2.26. The molecule has 1 atom stereocenters. The van der Waals surface area contributed by atoms with Gasteiger partial charge in [-0.05, 0) is 51.0 Å². The van der Waals surface area contributed by atoms with Crippen molar-refractivity contribution in [3.63, 3.8) is 0 Å². The van der Waals surface area contributed by atoms with Crippen LogP contribution in [0.5, 0.6) is 0 Å². The van der Waals surface area contributed by atoms with Crippen molar-refractivity contribution < 1.29 is 9.53 Å². The smallest absolute Gasteiger partial charge is 0.410 e. The van der Waals surface area contributed by atoms with Gasteiger partial charge in [0.1, 0.15) is 22.6 Å². The number of rotatable bonds is 3. The fourth-order valence-electron chi connectivity index (χ4n) is 3.24. The first-order chi connectivity index (χ1) is 11.8. The van der Waals surface area contributed by atoms with Crippen LogP contribution in [-0.4, -0.2) is 53.2 Å². The number of nitrogens with zero attached hydrogens (tertiary/aromatic N) is 4. The number of ether oxygens (including phenoxy) is 1. The van der Waals surface area contributed by atoms with Gasteiger partial charge in [-0.15, -0.1) is 11.3 Å². The summed E-state index contributed by atoms with van der Waals surface area (Å²) in [6, 6.07) is 2.09. The SMILES string of the molecule is CN(CC1CCCN(c2ncnc3sccc23)C1)C(=O)OC(C)(C)C. The van der Waals surface area contributed by atoms with Gasteiger partial charge in [-0.3, -0.25) is 0 Å². The minimum absolute atomic E-state index is 0.258. The van der Waals surface area contributed by atoms with E-state index in [1.165, 1.54) is 0 Å². The number of amides is 1. The standard InChI is InChI=1S/C18H26N4O2S/c1-18(2,3)24-17(23)21(4)10-13-6-5-8-22(11-13)15-14-7-9-25-16(14)20-12-19-15/h7,9,12-13H,5-6,8,10-11H2,1-4H3. The summed E-state index contributed by atoms with van der Waals surface area (Å²) in [5.41, 5.74) is -0.463. The maximum absolute atomic E-state index is 12.2. The molecule has 2 aromatic heterocycles. The highest BCUT2D eigenvalue weighted by molar-refractivity contribution is 7.16. The van der Waals surface area contributed by atoms with Gasteiger partial charge < -0.3 is 14.5 Å². The summed E-state index contributed by atoms with van der Waals surface area (Å²) in [4.78, 5) is 26.1. The lowest BCUT2D eigenvalue weighted by atomic mass is 9.97. The van der Waals surface area contributed by atoms with E-state index in [0.717, 1.165) is 42.0 Å². The van der Waals surface area contributed by atoms with E-state index in [1.54, 1.807) is 22.6 Å². The van der Waals surface area contributed by atoms with Crippen LogP contribution in [0.1, 0.15) is 33.6 Å². The molecule has 3 heterocycles. The van der Waals surface area contributed by atoms with Crippen molar-refractivity contribution in [1.82, 2.24) is 14.9 Å². The van der Waals surface area contributed by atoms with Crippen LogP contribution in [0, 0.1) is 5.92 Å². The van der Waals surface area contributed by atoms with Gasteiger partial charge in [-0.2, -0.15) is 0 Å². The van der Waals surface area contributed by atoms with E-state index in [9.17, 15) is 4.79 Å². The third-order valence-corrected chi connectivity index (χ3v) is 5.12. The van der Waals surface area contributed by atoms with Crippen LogP contribution in [0.15, 0.2) is 17.8 Å². The summed E-state index contributed by atoms with van der Waals surface area (Å²) in [6.45, 7) is 8.26. The zero-order chi connectivity index (χ0) is 18.0. The number of fused-ring (bicyclic) bond motifs is 1. The predicted octanol–water partition coefficient (Wildman–Crippen LogP) is 3.77. The van der Waals surface area contributed by atoms with Crippen molar-refractivity contribution in [2.24, 2.45) is 5.92 Å². The molecule has 0 N–H and O–H groups in total. The van der Waals surface area contributed by atoms with Crippen LogP contribution >= 0.6 is 11.3 Å².